The van der Waals surface area contributed by atoms with Gasteiger partial charge in [0.15, 0.2) is 0 Å². The van der Waals surface area contributed by atoms with Gasteiger partial charge >= 0.3 is 5.97 Å². The third-order valence-corrected chi connectivity index (χ3v) is 1.37. The van der Waals surface area contributed by atoms with Crippen LogP contribution in [0.3, 0.4) is 0 Å². The Labute approximate surface area is 62.7 Å². The van der Waals surface area contributed by atoms with Gasteiger partial charge in [0.2, 0.25) is 0 Å². The molecule has 0 rings (SSSR count). The van der Waals surface area contributed by atoms with E-state index in [-0.39, 0.29) is 5.92 Å². The summed E-state index contributed by atoms with van der Waals surface area (Å²) in [4.78, 5) is 11.8. The Bertz CT molecular complexity index is 120. The molecule has 3 heteroatoms. The van der Waals surface area contributed by atoms with E-state index >= 15 is 0 Å². The molecule has 0 aromatic heterocycles. The number of hydrogen-bond acceptors (Lipinski definition) is 1. The van der Waals surface area contributed by atoms with Crippen molar-refractivity contribution in [1.82, 2.24) is 0 Å². The van der Waals surface area contributed by atoms with E-state index < -0.39 is 5.97 Å². The van der Waals surface area contributed by atoms with Crippen molar-refractivity contribution in [2.45, 2.75) is 13.3 Å². The van der Waals surface area contributed by atoms with Crippen LogP contribution < -0.4 is 0 Å². The molecule has 0 aromatic rings. The van der Waals surface area contributed by atoms with Gasteiger partial charge in [-0.05, 0) is 11.4 Å². The molecule has 0 saturated carbocycles. The predicted molar refractivity (Wildman–Crippen MR) is 39.5 cm³/mol. The predicted octanol–water partition coefficient (Wildman–Crippen LogP) is 2.01. The number of carbonyl (C=O) groups is 1. The molecule has 0 bridgehead atoms. The molecular formula is C6H9BrO2. The number of carboxylic acid groups (broad SMARTS) is 1. The zero-order chi connectivity index (χ0) is 7.28. The average molecular weight is 193 g/mol. The van der Waals surface area contributed by atoms with Gasteiger partial charge in [-0.2, -0.15) is 0 Å². The highest BCUT2D eigenvalue weighted by molar-refractivity contribution is 9.11. The van der Waals surface area contributed by atoms with Gasteiger partial charge < -0.3 is 5.11 Å². The van der Waals surface area contributed by atoms with Crippen LogP contribution in [0.2, 0.25) is 0 Å². The summed E-state index contributed by atoms with van der Waals surface area (Å²) in [5.41, 5.74) is 0. The second-order valence-corrected chi connectivity index (χ2v) is 2.37. The lowest BCUT2D eigenvalue weighted by Gasteiger charge is -1.98. The highest BCUT2D eigenvalue weighted by Gasteiger charge is 2.06. The molecule has 52 valence electrons. The maximum absolute atomic E-state index is 10.2. The Balaban J connectivity index is 3.50. The van der Waals surface area contributed by atoms with Gasteiger partial charge in [0, 0.05) is 0 Å². The fourth-order valence-corrected chi connectivity index (χ4v) is 0.572. The van der Waals surface area contributed by atoms with Crippen LogP contribution in [0, 0.1) is 5.92 Å². The molecular weight excluding hydrogens is 184 g/mol. The van der Waals surface area contributed by atoms with E-state index in [1.807, 2.05) is 0 Å². The first-order valence-electron chi connectivity index (χ1n) is 2.66. The largest absolute Gasteiger partial charge is 0.481 e. The summed E-state index contributed by atoms with van der Waals surface area (Å²) in [5, 5.41) is 8.36. The van der Waals surface area contributed by atoms with Crippen molar-refractivity contribution in [1.29, 1.82) is 0 Å². The average Bonchev–Trinajstić information content (AvgIpc) is 1.82. The van der Waals surface area contributed by atoms with E-state index in [1.54, 1.807) is 18.0 Å². The van der Waals surface area contributed by atoms with Crippen LogP contribution >= 0.6 is 15.9 Å². The summed E-state index contributed by atoms with van der Waals surface area (Å²) in [6, 6.07) is 0. The molecule has 0 fully saturated rings. The Morgan fingerprint density at radius 2 is 2.44 bits per heavy atom. The van der Waals surface area contributed by atoms with Gasteiger partial charge in [-0.15, -0.1) is 0 Å². The van der Waals surface area contributed by atoms with E-state index in [9.17, 15) is 4.79 Å². The second-order valence-electron chi connectivity index (χ2n) is 1.84. The molecule has 1 unspecified atom stereocenters. The van der Waals surface area contributed by atoms with Gasteiger partial charge in [0.1, 0.15) is 0 Å². The quantitative estimate of drug-likeness (QED) is 0.744. The van der Waals surface area contributed by atoms with Crippen LogP contribution in [-0.2, 0) is 4.79 Å². The third kappa shape index (κ3) is 4.21. The van der Waals surface area contributed by atoms with Crippen LogP contribution in [-0.4, -0.2) is 11.1 Å². The molecule has 0 spiro atoms. The van der Waals surface area contributed by atoms with Crippen molar-refractivity contribution in [2.75, 3.05) is 0 Å². The Hall–Kier alpha value is -0.310. The number of allylic oxidation sites excluding steroid dienone is 1. The minimum Gasteiger partial charge on any atom is -0.481 e. The van der Waals surface area contributed by atoms with Crippen LogP contribution in [0.25, 0.3) is 0 Å². The van der Waals surface area contributed by atoms with Gasteiger partial charge in [0.25, 0.3) is 0 Å². The highest BCUT2D eigenvalue weighted by Crippen LogP contribution is 2.02. The number of rotatable bonds is 3. The number of aliphatic carboxylic acids is 1. The van der Waals surface area contributed by atoms with Crippen molar-refractivity contribution in [3.63, 3.8) is 0 Å². The van der Waals surface area contributed by atoms with E-state index in [0.29, 0.717) is 6.42 Å². The van der Waals surface area contributed by atoms with Crippen molar-refractivity contribution >= 4 is 21.9 Å². The molecule has 0 aromatic carbocycles. The van der Waals surface area contributed by atoms with E-state index in [1.165, 1.54) is 0 Å². The number of carboxylic acids is 1. The molecule has 0 radical (unpaired) electrons. The summed E-state index contributed by atoms with van der Waals surface area (Å²) < 4.78 is 0. The summed E-state index contributed by atoms with van der Waals surface area (Å²) >= 11 is 3.05. The van der Waals surface area contributed by atoms with Crippen molar-refractivity contribution in [3.05, 3.63) is 11.1 Å². The van der Waals surface area contributed by atoms with Gasteiger partial charge in [-0.3, -0.25) is 4.79 Å². The van der Waals surface area contributed by atoms with Crippen LogP contribution in [0.15, 0.2) is 11.1 Å². The Kier molecular flexibility index (Phi) is 4.40. The molecule has 0 saturated heterocycles. The standard InChI is InChI=1S/C6H9BrO2/c1-5(6(8)9)3-2-4-7/h2,4-5H,3H2,1H3,(H,8,9)/b4-2+. The fraction of sp³-hybridized carbons (Fsp3) is 0.500. The highest BCUT2D eigenvalue weighted by atomic mass is 79.9. The molecule has 0 aliphatic carbocycles. The van der Waals surface area contributed by atoms with Crippen molar-refractivity contribution < 1.29 is 9.90 Å². The Morgan fingerprint density at radius 3 is 2.78 bits per heavy atom. The van der Waals surface area contributed by atoms with Crippen LogP contribution in [0.4, 0.5) is 0 Å². The van der Waals surface area contributed by atoms with Crippen LogP contribution in [0.1, 0.15) is 13.3 Å². The summed E-state index contributed by atoms with van der Waals surface area (Å²) in [5.74, 6) is -1.03. The lowest BCUT2D eigenvalue weighted by Crippen LogP contribution is -2.07. The second kappa shape index (κ2) is 4.56. The number of hydrogen-bond donors (Lipinski definition) is 1. The first-order chi connectivity index (χ1) is 4.18. The normalized spacial score (nSPS) is 14.0. The monoisotopic (exact) mass is 192 g/mol. The SMILES string of the molecule is CC(C/C=C/Br)C(=O)O. The van der Waals surface area contributed by atoms with E-state index in [4.69, 9.17) is 5.11 Å². The first kappa shape index (κ1) is 8.69. The first-order valence-corrected chi connectivity index (χ1v) is 3.58. The summed E-state index contributed by atoms with van der Waals surface area (Å²) in [7, 11) is 0. The minimum atomic E-state index is -0.749. The van der Waals surface area contributed by atoms with Crippen molar-refractivity contribution in [2.24, 2.45) is 5.92 Å². The lowest BCUT2D eigenvalue weighted by atomic mass is 10.1. The Morgan fingerprint density at radius 1 is 1.89 bits per heavy atom. The zero-order valence-electron chi connectivity index (χ0n) is 5.17. The summed E-state index contributed by atoms with van der Waals surface area (Å²) in [6.07, 6.45) is 2.36. The molecule has 0 heterocycles. The van der Waals surface area contributed by atoms with Gasteiger partial charge in [-0.1, -0.05) is 28.9 Å². The third-order valence-electron chi connectivity index (χ3n) is 1.00. The summed E-state index contributed by atoms with van der Waals surface area (Å²) in [6.45, 7) is 1.68. The smallest absolute Gasteiger partial charge is 0.306 e. The molecule has 1 N–H and O–H groups in total. The van der Waals surface area contributed by atoms with E-state index in [2.05, 4.69) is 15.9 Å². The topological polar surface area (TPSA) is 37.3 Å². The van der Waals surface area contributed by atoms with Gasteiger partial charge in [0.05, 0.1) is 5.92 Å². The zero-order valence-corrected chi connectivity index (χ0v) is 6.76. The molecule has 9 heavy (non-hydrogen) atoms. The fourth-order valence-electron chi connectivity index (χ4n) is 0.356. The van der Waals surface area contributed by atoms with E-state index in [0.717, 1.165) is 0 Å². The lowest BCUT2D eigenvalue weighted by molar-refractivity contribution is -0.140. The minimum absolute atomic E-state index is 0.279. The maximum atomic E-state index is 10.2. The van der Waals surface area contributed by atoms with Crippen LogP contribution in [0.5, 0.6) is 0 Å². The molecule has 0 aliphatic rings. The number of halogens is 1. The molecule has 2 nitrogen and oxygen atoms in total. The maximum Gasteiger partial charge on any atom is 0.306 e. The van der Waals surface area contributed by atoms with Crippen molar-refractivity contribution in [3.8, 4) is 0 Å². The molecule has 0 amide bonds. The molecule has 1 atom stereocenters. The van der Waals surface area contributed by atoms with Gasteiger partial charge in [-0.25, -0.2) is 0 Å². The molecule has 0 aliphatic heterocycles.